The SMILES string of the molecule is CC(C)(C)Cc1cccc(CC(C)(C)C)c1OP1OCC2(CO1)COP(Oc1c(CC(C)(C)C)cccc1CC(C)(C)C)OC2. The second-order valence-electron chi connectivity index (χ2n) is 18.0. The van der Waals surface area contributed by atoms with E-state index in [0.29, 0.717) is 26.4 Å². The average Bonchev–Trinajstić information content (AvgIpc) is 2.87. The lowest BCUT2D eigenvalue weighted by molar-refractivity contribution is -0.0674. The lowest BCUT2D eigenvalue weighted by atomic mass is 9.84. The Kier molecular flexibility index (Phi) is 11.4. The summed E-state index contributed by atoms with van der Waals surface area (Å²) in [6, 6.07) is 13.0. The summed E-state index contributed by atoms with van der Waals surface area (Å²) in [7, 11) is -3.08. The Hall–Kier alpha value is -1.26. The highest BCUT2D eigenvalue weighted by atomic mass is 31.2. The van der Waals surface area contributed by atoms with Gasteiger partial charge in [0.15, 0.2) is 0 Å². The van der Waals surface area contributed by atoms with Crippen LogP contribution in [0.1, 0.15) is 105 Å². The van der Waals surface area contributed by atoms with Crippen LogP contribution in [0.15, 0.2) is 36.4 Å². The Labute approximate surface area is 276 Å². The van der Waals surface area contributed by atoms with Crippen LogP contribution in [0.3, 0.4) is 0 Å². The molecule has 252 valence electrons. The van der Waals surface area contributed by atoms with E-state index < -0.39 is 17.2 Å². The fourth-order valence-electron chi connectivity index (χ4n) is 5.69. The molecule has 0 radical (unpaired) electrons. The summed E-state index contributed by atoms with van der Waals surface area (Å²) in [4.78, 5) is 0. The number of rotatable bonds is 8. The molecule has 0 saturated carbocycles. The Balaban J connectivity index is 1.41. The molecule has 0 amide bonds. The molecule has 0 aliphatic carbocycles. The van der Waals surface area contributed by atoms with E-state index >= 15 is 0 Å². The molecule has 2 aliphatic heterocycles. The van der Waals surface area contributed by atoms with Gasteiger partial charge in [-0.3, -0.25) is 0 Å². The summed E-state index contributed by atoms with van der Waals surface area (Å²) in [6.45, 7) is 28.9. The van der Waals surface area contributed by atoms with Gasteiger partial charge >= 0.3 is 17.2 Å². The molecule has 0 atom stereocenters. The van der Waals surface area contributed by atoms with Gasteiger partial charge in [-0.1, -0.05) is 119 Å². The molecule has 0 unspecified atom stereocenters. The highest BCUT2D eigenvalue weighted by Gasteiger charge is 2.45. The number of para-hydroxylation sites is 2. The lowest BCUT2D eigenvalue weighted by Crippen LogP contribution is -2.45. The van der Waals surface area contributed by atoms with Crippen LogP contribution in [0.2, 0.25) is 0 Å². The maximum Gasteiger partial charge on any atom is 0.397 e. The van der Waals surface area contributed by atoms with Crippen LogP contribution < -0.4 is 9.05 Å². The zero-order chi connectivity index (χ0) is 33.3. The molecule has 2 heterocycles. The zero-order valence-electron chi connectivity index (χ0n) is 30.0. The highest BCUT2D eigenvalue weighted by molar-refractivity contribution is 7.42. The standard InChI is InChI=1S/C37H58O6P2/c1-33(2,3)19-27-15-13-16-28(20-34(4,5)6)31(27)42-44-38-23-37(24-39-44)25-40-45(41-26-37)43-32-29(21-35(7,8)9)17-14-18-30(32)22-36(10,11)12/h13-18H,19-26H2,1-12H3. The van der Waals surface area contributed by atoms with Gasteiger partial charge in [-0.2, -0.15) is 0 Å². The first-order chi connectivity index (χ1) is 20.7. The maximum atomic E-state index is 6.57. The molecule has 8 heteroatoms. The summed E-state index contributed by atoms with van der Waals surface area (Å²) in [5.41, 5.74) is 4.91. The number of hydrogen-bond donors (Lipinski definition) is 0. The number of hydrogen-bond acceptors (Lipinski definition) is 6. The largest absolute Gasteiger partial charge is 0.426 e. The topological polar surface area (TPSA) is 55.4 Å². The van der Waals surface area contributed by atoms with Crippen LogP contribution in [0.4, 0.5) is 0 Å². The van der Waals surface area contributed by atoms with Crippen molar-refractivity contribution < 1.29 is 27.1 Å². The minimum atomic E-state index is -1.54. The van der Waals surface area contributed by atoms with Gasteiger partial charge in [-0.05, 0) is 69.6 Å². The zero-order valence-corrected chi connectivity index (χ0v) is 31.8. The molecule has 2 aromatic carbocycles. The van der Waals surface area contributed by atoms with Crippen molar-refractivity contribution in [3.63, 3.8) is 0 Å². The molecule has 2 saturated heterocycles. The molecule has 6 nitrogen and oxygen atoms in total. The Morgan fingerprint density at radius 3 is 0.956 bits per heavy atom. The maximum absolute atomic E-state index is 6.57. The van der Waals surface area contributed by atoms with E-state index in [1.54, 1.807) is 0 Å². The summed E-state index contributed by atoms with van der Waals surface area (Å²) < 4.78 is 38.2. The van der Waals surface area contributed by atoms with E-state index in [-0.39, 0.29) is 27.1 Å². The molecule has 2 aliphatic rings. The third-order valence-corrected chi connectivity index (χ3v) is 9.50. The predicted octanol–water partition coefficient (Wildman–Crippen LogP) is 11.0. The van der Waals surface area contributed by atoms with Crippen molar-refractivity contribution in [1.82, 2.24) is 0 Å². The van der Waals surface area contributed by atoms with Crippen molar-refractivity contribution in [2.24, 2.45) is 27.1 Å². The number of benzene rings is 2. The van der Waals surface area contributed by atoms with Gasteiger partial charge in [-0.25, -0.2) is 0 Å². The molecule has 0 aromatic heterocycles. The molecule has 4 rings (SSSR count). The molecular weight excluding hydrogens is 602 g/mol. The van der Waals surface area contributed by atoms with E-state index in [1.807, 2.05) is 0 Å². The van der Waals surface area contributed by atoms with Crippen LogP contribution in [0, 0.1) is 27.1 Å². The fraction of sp³-hybridized carbons (Fsp3) is 0.676. The van der Waals surface area contributed by atoms with Crippen molar-refractivity contribution in [2.75, 3.05) is 26.4 Å². The monoisotopic (exact) mass is 660 g/mol. The molecular formula is C37H58O6P2. The van der Waals surface area contributed by atoms with E-state index in [0.717, 1.165) is 37.2 Å². The van der Waals surface area contributed by atoms with Crippen LogP contribution in [0.5, 0.6) is 11.5 Å². The van der Waals surface area contributed by atoms with Gasteiger partial charge in [0.05, 0.1) is 31.8 Å². The third-order valence-electron chi connectivity index (χ3n) is 7.48. The third kappa shape index (κ3) is 11.4. The summed E-state index contributed by atoms with van der Waals surface area (Å²) >= 11 is 0. The van der Waals surface area contributed by atoms with Crippen molar-refractivity contribution >= 4 is 17.2 Å². The van der Waals surface area contributed by atoms with Crippen LogP contribution in [-0.4, -0.2) is 26.4 Å². The Morgan fingerprint density at radius 1 is 0.489 bits per heavy atom. The summed E-state index contributed by atoms with van der Waals surface area (Å²) in [5.74, 6) is 1.83. The van der Waals surface area contributed by atoms with Gasteiger partial charge in [-0.15, -0.1) is 0 Å². The van der Waals surface area contributed by atoms with Crippen LogP contribution in [-0.2, 0) is 43.8 Å². The first kappa shape index (κ1) is 36.6. The van der Waals surface area contributed by atoms with Gasteiger partial charge in [0, 0.05) is 0 Å². The minimum Gasteiger partial charge on any atom is -0.426 e. The van der Waals surface area contributed by atoms with Crippen molar-refractivity contribution in [2.45, 2.75) is 109 Å². The van der Waals surface area contributed by atoms with Crippen molar-refractivity contribution in [3.05, 3.63) is 58.7 Å². The molecule has 45 heavy (non-hydrogen) atoms. The van der Waals surface area contributed by atoms with Gasteiger partial charge in [0.2, 0.25) is 0 Å². The van der Waals surface area contributed by atoms with E-state index in [4.69, 9.17) is 27.1 Å². The second-order valence-corrected chi connectivity index (χ2v) is 20.3. The Bertz CT molecular complexity index is 1090. The van der Waals surface area contributed by atoms with Gasteiger partial charge < -0.3 is 27.1 Å². The quantitative estimate of drug-likeness (QED) is 0.263. The molecule has 1 spiro atoms. The molecule has 0 bridgehead atoms. The van der Waals surface area contributed by atoms with E-state index in [1.165, 1.54) is 22.3 Å². The van der Waals surface area contributed by atoms with Crippen LogP contribution >= 0.6 is 17.2 Å². The first-order valence-electron chi connectivity index (χ1n) is 16.4. The van der Waals surface area contributed by atoms with E-state index in [2.05, 4.69) is 119 Å². The molecule has 0 N–H and O–H groups in total. The smallest absolute Gasteiger partial charge is 0.397 e. The Morgan fingerprint density at radius 2 is 0.733 bits per heavy atom. The average molecular weight is 661 g/mol. The molecule has 2 aromatic rings. The van der Waals surface area contributed by atoms with E-state index in [9.17, 15) is 0 Å². The van der Waals surface area contributed by atoms with Crippen LogP contribution in [0.25, 0.3) is 0 Å². The predicted molar refractivity (Wildman–Crippen MR) is 187 cm³/mol. The van der Waals surface area contributed by atoms with Gasteiger partial charge in [0.25, 0.3) is 0 Å². The van der Waals surface area contributed by atoms with Crippen molar-refractivity contribution in [1.29, 1.82) is 0 Å². The summed E-state index contributed by atoms with van der Waals surface area (Å²) in [6.07, 6.45) is 3.65. The fourth-order valence-corrected chi connectivity index (χ4v) is 8.33. The highest BCUT2D eigenvalue weighted by Crippen LogP contribution is 2.55. The first-order valence-corrected chi connectivity index (χ1v) is 18.6. The summed E-state index contributed by atoms with van der Waals surface area (Å²) in [5, 5.41) is 0. The van der Waals surface area contributed by atoms with Gasteiger partial charge in [0.1, 0.15) is 11.5 Å². The minimum absolute atomic E-state index is 0.127. The van der Waals surface area contributed by atoms with Crippen molar-refractivity contribution in [3.8, 4) is 11.5 Å². The lowest BCUT2D eigenvalue weighted by Gasteiger charge is -2.41. The normalized spacial score (nSPS) is 23.3. The molecule has 2 fully saturated rings. The second kappa shape index (κ2) is 14.1.